The molecule has 18 heavy (non-hydrogen) atoms. The van der Waals surface area contributed by atoms with Crippen LogP contribution in [0, 0.1) is 0 Å². The molecule has 0 atom stereocenters. The van der Waals surface area contributed by atoms with Crippen molar-refractivity contribution in [3.8, 4) is 0 Å². The van der Waals surface area contributed by atoms with Gasteiger partial charge in [0.1, 0.15) is 0 Å². The number of urea groups is 1. The van der Waals surface area contributed by atoms with Gasteiger partial charge >= 0.3 is 6.03 Å². The van der Waals surface area contributed by atoms with E-state index in [1.165, 1.54) is 4.90 Å². The third kappa shape index (κ3) is 1.92. The Bertz CT molecular complexity index is 521. The molecule has 0 aliphatic carbocycles. The lowest BCUT2D eigenvalue weighted by Gasteiger charge is -2.17. The van der Waals surface area contributed by atoms with Crippen LogP contribution in [0.3, 0.4) is 0 Å². The molecule has 0 radical (unpaired) electrons. The Balaban J connectivity index is 2.32. The van der Waals surface area contributed by atoms with Crippen molar-refractivity contribution in [1.82, 2.24) is 4.90 Å². The molecule has 0 aromatic heterocycles. The number of anilines is 2. The Morgan fingerprint density at radius 2 is 2.00 bits per heavy atom. The number of carbonyl (C=O) groups is 2. The largest absolute Gasteiger partial charge is 0.331 e. The minimum absolute atomic E-state index is 0.0198. The second kappa shape index (κ2) is 4.01. The normalized spacial score (nSPS) is 15.9. The van der Waals surface area contributed by atoms with Crippen molar-refractivity contribution >= 4 is 23.3 Å². The SMILES string of the molecule is CN(C)C(=O)Nc1ccc2c(c1)C(C)(C)C(=O)N2. The van der Waals surface area contributed by atoms with Crippen LogP contribution in [-0.2, 0) is 10.2 Å². The zero-order valence-electron chi connectivity index (χ0n) is 11.0. The van der Waals surface area contributed by atoms with Gasteiger partial charge in [-0.15, -0.1) is 0 Å². The van der Waals surface area contributed by atoms with E-state index in [0.717, 1.165) is 11.3 Å². The Hall–Kier alpha value is -2.04. The molecule has 96 valence electrons. The first-order valence-corrected chi connectivity index (χ1v) is 5.76. The van der Waals surface area contributed by atoms with E-state index in [2.05, 4.69) is 10.6 Å². The molecule has 1 heterocycles. The molecule has 0 saturated carbocycles. The summed E-state index contributed by atoms with van der Waals surface area (Å²) in [7, 11) is 3.36. The number of fused-ring (bicyclic) bond motifs is 1. The van der Waals surface area contributed by atoms with Crippen molar-refractivity contribution in [1.29, 1.82) is 0 Å². The Morgan fingerprint density at radius 3 is 2.61 bits per heavy atom. The first-order chi connectivity index (χ1) is 8.32. The smallest absolute Gasteiger partial charge is 0.321 e. The summed E-state index contributed by atoms with van der Waals surface area (Å²) in [5.41, 5.74) is 1.85. The van der Waals surface area contributed by atoms with E-state index < -0.39 is 5.41 Å². The van der Waals surface area contributed by atoms with Gasteiger partial charge in [-0.1, -0.05) is 0 Å². The minimum Gasteiger partial charge on any atom is -0.331 e. The Kier molecular flexibility index (Phi) is 2.77. The third-order valence-electron chi connectivity index (χ3n) is 3.17. The molecular formula is C13H17N3O2. The molecule has 0 unspecified atom stereocenters. The van der Waals surface area contributed by atoms with E-state index >= 15 is 0 Å². The van der Waals surface area contributed by atoms with E-state index in [1.807, 2.05) is 26.0 Å². The predicted octanol–water partition coefficient (Wildman–Crippen LogP) is 2.01. The number of amides is 3. The van der Waals surface area contributed by atoms with Crippen molar-refractivity contribution in [2.75, 3.05) is 24.7 Å². The molecule has 3 amide bonds. The first kappa shape index (κ1) is 12.4. The van der Waals surface area contributed by atoms with Crippen molar-refractivity contribution in [2.45, 2.75) is 19.3 Å². The quantitative estimate of drug-likeness (QED) is 0.797. The summed E-state index contributed by atoms with van der Waals surface area (Å²) in [5, 5.41) is 5.60. The molecule has 1 aliphatic heterocycles. The summed E-state index contributed by atoms with van der Waals surface area (Å²) in [5.74, 6) is -0.0198. The van der Waals surface area contributed by atoms with Gasteiger partial charge in [0.25, 0.3) is 0 Å². The molecule has 5 heteroatoms. The van der Waals surface area contributed by atoms with Gasteiger partial charge in [-0.05, 0) is 37.6 Å². The fourth-order valence-electron chi connectivity index (χ4n) is 1.88. The molecule has 2 N–H and O–H groups in total. The molecule has 1 aromatic rings. The standard InChI is InChI=1S/C13H17N3O2/c1-13(2)9-7-8(14-12(18)16(3)4)5-6-10(9)15-11(13)17/h5-7H,1-4H3,(H,14,18)(H,15,17). The summed E-state index contributed by atoms with van der Waals surface area (Å²) >= 11 is 0. The summed E-state index contributed by atoms with van der Waals surface area (Å²) in [4.78, 5) is 24.8. The van der Waals surface area contributed by atoms with Crippen LogP contribution in [0.15, 0.2) is 18.2 Å². The van der Waals surface area contributed by atoms with Crippen LogP contribution in [-0.4, -0.2) is 30.9 Å². The van der Waals surface area contributed by atoms with Gasteiger partial charge in [0, 0.05) is 25.5 Å². The summed E-state index contributed by atoms with van der Waals surface area (Å²) in [6.07, 6.45) is 0. The monoisotopic (exact) mass is 247 g/mol. The molecule has 5 nitrogen and oxygen atoms in total. The van der Waals surface area contributed by atoms with E-state index in [4.69, 9.17) is 0 Å². The van der Waals surface area contributed by atoms with E-state index in [-0.39, 0.29) is 11.9 Å². The molecule has 0 spiro atoms. The van der Waals surface area contributed by atoms with Gasteiger partial charge in [0.15, 0.2) is 0 Å². The highest BCUT2D eigenvalue weighted by Crippen LogP contribution is 2.38. The van der Waals surface area contributed by atoms with Crippen molar-refractivity contribution in [2.24, 2.45) is 0 Å². The zero-order valence-corrected chi connectivity index (χ0v) is 11.0. The van der Waals surface area contributed by atoms with Crippen LogP contribution in [0.1, 0.15) is 19.4 Å². The van der Waals surface area contributed by atoms with Crippen LogP contribution in [0.2, 0.25) is 0 Å². The fourth-order valence-corrected chi connectivity index (χ4v) is 1.88. The molecule has 1 aliphatic rings. The lowest BCUT2D eigenvalue weighted by atomic mass is 9.86. The number of nitrogens with one attached hydrogen (secondary N) is 2. The zero-order chi connectivity index (χ0) is 13.5. The topological polar surface area (TPSA) is 61.4 Å². The number of nitrogens with zero attached hydrogens (tertiary/aromatic N) is 1. The van der Waals surface area contributed by atoms with Gasteiger partial charge in [0.2, 0.25) is 5.91 Å². The molecular weight excluding hydrogens is 230 g/mol. The number of hydrogen-bond donors (Lipinski definition) is 2. The van der Waals surface area contributed by atoms with Crippen molar-refractivity contribution < 1.29 is 9.59 Å². The first-order valence-electron chi connectivity index (χ1n) is 5.76. The van der Waals surface area contributed by atoms with Gasteiger partial charge < -0.3 is 15.5 Å². The van der Waals surface area contributed by atoms with E-state index in [1.54, 1.807) is 20.2 Å². The highest BCUT2D eigenvalue weighted by molar-refractivity contribution is 6.06. The van der Waals surface area contributed by atoms with Gasteiger partial charge in [0.05, 0.1) is 5.41 Å². The second-order valence-corrected chi connectivity index (χ2v) is 5.16. The molecule has 0 fully saturated rings. The maximum atomic E-state index is 11.8. The van der Waals surface area contributed by atoms with Gasteiger partial charge in [-0.25, -0.2) is 4.79 Å². The van der Waals surface area contributed by atoms with Crippen molar-refractivity contribution in [3.05, 3.63) is 23.8 Å². The maximum absolute atomic E-state index is 11.8. The predicted molar refractivity (Wildman–Crippen MR) is 70.8 cm³/mol. The number of hydrogen-bond acceptors (Lipinski definition) is 2. The number of carbonyl (C=O) groups excluding carboxylic acids is 2. The van der Waals surface area contributed by atoms with Crippen LogP contribution < -0.4 is 10.6 Å². The molecule has 2 rings (SSSR count). The average molecular weight is 247 g/mol. The fraction of sp³-hybridized carbons (Fsp3) is 0.385. The van der Waals surface area contributed by atoms with Gasteiger partial charge in [-0.2, -0.15) is 0 Å². The average Bonchev–Trinajstić information content (AvgIpc) is 2.51. The highest BCUT2D eigenvalue weighted by Gasteiger charge is 2.38. The Labute approximate surface area is 106 Å². The lowest BCUT2D eigenvalue weighted by molar-refractivity contribution is -0.119. The highest BCUT2D eigenvalue weighted by atomic mass is 16.2. The maximum Gasteiger partial charge on any atom is 0.321 e. The summed E-state index contributed by atoms with van der Waals surface area (Å²) in [6, 6.07) is 5.24. The van der Waals surface area contributed by atoms with Crippen LogP contribution in [0.5, 0.6) is 0 Å². The molecule has 1 aromatic carbocycles. The second-order valence-electron chi connectivity index (χ2n) is 5.16. The minimum atomic E-state index is -0.561. The van der Waals surface area contributed by atoms with E-state index in [9.17, 15) is 9.59 Å². The van der Waals surface area contributed by atoms with Crippen LogP contribution in [0.25, 0.3) is 0 Å². The van der Waals surface area contributed by atoms with Crippen LogP contribution >= 0.6 is 0 Å². The lowest BCUT2D eigenvalue weighted by Crippen LogP contribution is -2.28. The third-order valence-corrected chi connectivity index (χ3v) is 3.17. The number of benzene rings is 1. The van der Waals surface area contributed by atoms with Crippen molar-refractivity contribution in [3.63, 3.8) is 0 Å². The number of rotatable bonds is 1. The molecule has 0 bridgehead atoms. The summed E-state index contributed by atoms with van der Waals surface area (Å²) in [6.45, 7) is 3.73. The van der Waals surface area contributed by atoms with Gasteiger partial charge in [-0.3, -0.25) is 4.79 Å². The Morgan fingerprint density at radius 1 is 1.33 bits per heavy atom. The molecule has 0 saturated heterocycles. The summed E-state index contributed by atoms with van der Waals surface area (Å²) < 4.78 is 0. The van der Waals surface area contributed by atoms with Crippen LogP contribution in [0.4, 0.5) is 16.2 Å². The van der Waals surface area contributed by atoms with E-state index in [0.29, 0.717) is 5.69 Å².